The second-order valence-electron chi connectivity index (χ2n) is 4.75. The van der Waals surface area contributed by atoms with E-state index in [1.807, 2.05) is 29.2 Å². The minimum atomic E-state index is -0.278. The summed E-state index contributed by atoms with van der Waals surface area (Å²) >= 11 is 0. The van der Waals surface area contributed by atoms with Crippen LogP contribution in [0.15, 0.2) is 24.3 Å². The average Bonchev–Trinajstić information content (AvgIpc) is 2.84. The molecule has 20 heavy (non-hydrogen) atoms. The van der Waals surface area contributed by atoms with Crippen LogP contribution in [0.4, 0.5) is 0 Å². The molecule has 1 aromatic rings. The van der Waals surface area contributed by atoms with Gasteiger partial charge in [-0.2, -0.15) is 0 Å². The van der Waals surface area contributed by atoms with E-state index in [4.69, 9.17) is 0 Å². The highest BCUT2D eigenvalue weighted by atomic mass is 16.2. The number of carbonyl (C=O) groups is 2. The van der Waals surface area contributed by atoms with Gasteiger partial charge in [-0.15, -0.1) is 0 Å². The molecule has 0 aromatic heterocycles. The number of hydrogen-bond acceptors (Lipinski definition) is 2. The third-order valence-corrected chi connectivity index (χ3v) is 3.33. The van der Waals surface area contributed by atoms with Crippen molar-refractivity contribution in [1.82, 2.24) is 10.2 Å². The standard InChI is InChI=1S/C16H18N2O2/c1-2-6-15(19)17-11-13-7-3-4-8-14(13)12-18-10-5-9-16(18)20/h3-4,7-8H,5,9-12H2,1H3,(H,17,19). The maximum Gasteiger partial charge on any atom is 0.296 e. The van der Waals surface area contributed by atoms with E-state index >= 15 is 0 Å². The van der Waals surface area contributed by atoms with Crippen LogP contribution in [0, 0.1) is 11.8 Å². The molecular formula is C16H18N2O2. The number of nitrogens with zero attached hydrogens (tertiary/aromatic N) is 1. The van der Waals surface area contributed by atoms with Crippen molar-refractivity contribution >= 4 is 11.8 Å². The van der Waals surface area contributed by atoms with Crippen LogP contribution in [0.25, 0.3) is 0 Å². The van der Waals surface area contributed by atoms with Gasteiger partial charge in [0, 0.05) is 26.1 Å². The first-order valence-corrected chi connectivity index (χ1v) is 6.76. The zero-order chi connectivity index (χ0) is 14.4. The summed E-state index contributed by atoms with van der Waals surface area (Å²) in [7, 11) is 0. The minimum absolute atomic E-state index is 0.209. The zero-order valence-electron chi connectivity index (χ0n) is 11.6. The fourth-order valence-electron chi connectivity index (χ4n) is 2.29. The van der Waals surface area contributed by atoms with Crippen LogP contribution >= 0.6 is 0 Å². The molecule has 4 nitrogen and oxygen atoms in total. The van der Waals surface area contributed by atoms with Crippen molar-refractivity contribution in [2.24, 2.45) is 0 Å². The smallest absolute Gasteiger partial charge is 0.296 e. The van der Waals surface area contributed by atoms with Crippen LogP contribution in [-0.4, -0.2) is 23.3 Å². The molecule has 1 aliphatic rings. The number of carbonyl (C=O) groups excluding carboxylic acids is 2. The van der Waals surface area contributed by atoms with Crippen molar-refractivity contribution in [2.75, 3.05) is 6.54 Å². The van der Waals surface area contributed by atoms with Crippen molar-refractivity contribution in [3.05, 3.63) is 35.4 Å². The van der Waals surface area contributed by atoms with Crippen LogP contribution in [0.2, 0.25) is 0 Å². The lowest BCUT2D eigenvalue weighted by molar-refractivity contribution is -0.128. The summed E-state index contributed by atoms with van der Waals surface area (Å²) < 4.78 is 0. The van der Waals surface area contributed by atoms with E-state index in [1.165, 1.54) is 0 Å². The van der Waals surface area contributed by atoms with Crippen molar-refractivity contribution in [3.8, 4) is 11.8 Å². The highest BCUT2D eigenvalue weighted by Crippen LogP contribution is 2.17. The van der Waals surface area contributed by atoms with Crippen molar-refractivity contribution in [2.45, 2.75) is 32.9 Å². The van der Waals surface area contributed by atoms with E-state index in [-0.39, 0.29) is 11.8 Å². The van der Waals surface area contributed by atoms with Gasteiger partial charge in [-0.3, -0.25) is 9.59 Å². The van der Waals surface area contributed by atoms with E-state index in [2.05, 4.69) is 17.2 Å². The molecule has 0 atom stereocenters. The summed E-state index contributed by atoms with van der Waals surface area (Å²) in [4.78, 5) is 24.9. The van der Waals surface area contributed by atoms with Crippen LogP contribution in [-0.2, 0) is 22.7 Å². The number of amides is 2. The molecule has 0 radical (unpaired) electrons. The van der Waals surface area contributed by atoms with E-state index in [1.54, 1.807) is 6.92 Å². The Kier molecular flexibility index (Phi) is 4.78. The molecule has 104 valence electrons. The van der Waals surface area contributed by atoms with E-state index in [9.17, 15) is 9.59 Å². The Balaban J connectivity index is 2.03. The Morgan fingerprint density at radius 3 is 2.75 bits per heavy atom. The van der Waals surface area contributed by atoms with E-state index < -0.39 is 0 Å². The van der Waals surface area contributed by atoms with Gasteiger partial charge in [0.2, 0.25) is 5.91 Å². The number of rotatable bonds is 4. The lowest BCUT2D eigenvalue weighted by atomic mass is 10.1. The van der Waals surface area contributed by atoms with Crippen LogP contribution in [0.5, 0.6) is 0 Å². The number of likely N-dealkylation sites (tertiary alicyclic amines) is 1. The van der Waals surface area contributed by atoms with Gasteiger partial charge < -0.3 is 10.2 Å². The Labute approximate surface area is 119 Å². The third kappa shape index (κ3) is 3.61. The predicted molar refractivity (Wildman–Crippen MR) is 76.4 cm³/mol. The Morgan fingerprint density at radius 2 is 2.10 bits per heavy atom. The molecule has 1 aliphatic heterocycles. The largest absolute Gasteiger partial charge is 0.341 e. The molecule has 4 heteroatoms. The number of benzene rings is 1. The molecule has 0 bridgehead atoms. The lowest BCUT2D eigenvalue weighted by Gasteiger charge is -2.18. The molecule has 1 saturated heterocycles. The first-order valence-electron chi connectivity index (χ1n) is 6.76. The summed E-state index contributed by atoms with van der Waals surface area (Å²) in [5.74, 6) is 4.95. The summed E-state index contributed by atoms with van der Waals surface area (Å²) in [6.07, 6.45) is 1.58. The van der Waals surface area contributed by atoms with Gasteiger partial charge >= 0.3 is 0 Å². The first kappa shape index (κ1) is 14.1. The Bertz CT molecular complexity index is 569. The van der Waals surface area contributed by atoms with Gasteiger partial charge in [-0.1, -0.05) is 30.2 Å². The normalized spacial score (nSPS) is 13.8. The van der Waals surface area contributed by atoms with Crippen molar-refractivity contribution in [1.29, 1.82) is 0 Å². The molecule has 0 spiro atoms. The predicted octanol–water partition coefficient (Wildman–Crippen LogP) is 1.45. The number of nitrogens with one attached hydrogen (secondary N) is 1. The molecule has 2 rings (SSSR count). The highest BCUT2D eigenvalue weighted by molar-refractivity contribution is 5.93. The fraction of sp³-hybridized carbons (Fsp3) is 0.375. The van der Waals surface area contributed by atoms with Crippen LogP contribution in [0.3, 0.4) is 0 Å². The van der Waals surface area contributed by atoms with Crippen LogP contribution in [0.1, 0.15) is 30.9 Å². The minimum Gasteiger partial charge on any atom is -0.341 e. The van der Waals surface area contributed by atoms with Gasteiger partial charge in [0.15, 0.2) is 0 Å². The van der Waals surface area contributed by atoms with Gasteiger partial charge in [0.05, 0.1) is 0 Å². The summed E-state index contributed by atoms with van der Waals surface area (Å²) in [5, 5.41) is 2.76. The summed E-state index contributed by atoms with van der Waals surface area (Å²) in [6, 6.07) is 7.85. The highest BCUT2D eigenvalue weighted by Gasteiger charge is 2.20. The van der Waals surface area contributed by atoms with Gasteiger partial charge in [-0.25, -0.2) is 0 Å². The quantitative estimate of drug-likeness (QED) is 0.842. The van der Waals surface area contributed by atoms with Gasteiger partial charge in [0.25, 0.3) is 5.91 Å². The topological polar surface area (TPSA) is 49.4 Å². The molecule has 1 heterocycles. The summed E-state index contributed by atoms with van der Waals surface area (Å²) in [6.45, 7) is 3.50. The average molecular weight is 270 g/mol. The van der Waals surface area contributed by atoms with Gasteiger partial charge in [-0.05, 0) is 30.4 Å². The van der Waals surface area contributed by atoms with Crippen molar-refractivity contribution < 1.29 is 9.59 Å². The first-order chi connectivity index (χ1) is 9.70. The SMILES string of the molecule is CC#CC(=O)NCc1ccccc1CN1CCCC1=O. The zero-order valence-corrected chi connectivity index (χ0v) is 11.6. The van der Waals surface area contributed by atoms with Gasteiger partial charge in [0.1, 0.15) is 0 Å². The molecule has 2 amide bonds. The lowest BCUT2D eigenvalue weighted by Crippen LogP contribution is -2.26. The second-order valence-corrected chi connectivity index (χ2v) is 4.75. The number of hydrogen-bond donors (Lipinski definition) is 1. The molecule has 1 aromatic carbocycles. The molecular weight excluding hydrogens is 252 g/mol. The Hall–Kier alpha value is -2.28. The molecule has 0 saturated carbocycles. The fourth-order valence-corrected chi connectivity index (χ4v) is 2.29. The monoisotopic (exact) mass is 270 g/mol. The third-order valence-electron chi connectivity index (χ3n) is 3.33. The molecule has 0 aliphatic carbocycles. The maximum absolute atomic E-state index is 11.7. The molecule has 1 N–H and O–H groups in total. The molecule has 1 fully saturated rings. The molecule has 0 unspecified atom stereocenters. The van der Waals surface area contributed by atoms with Crippen LogP contribution < -0.4 is 5.32 Å². The van der Waals surface area contributed by atoms with Crippen molar-refractivity contribution in [3.63, 3.8) is 0 Å². The Morgan fingerprint density at radius 1 is 1.35 bits per heavy atom. The summed E-state index contributed by atoms with van der Waals surface area (Å²) in [5.41, 5.74) is 2.10. The second kappa shape index (κ2) is 6.76. The van der Waals surface area contributed by atoms with E-state index in [0.29, 0.717) is 19.5 Å². The van der Waals surface area contributed by atoms with E-state index in [0.717, 1.165) is 24.1 Å². The maximum atomic E-state index is 11.7.